The van der Waals surface area contributed by atoms with E-state index in [1.165, 1.54) is 0 Å². The van der Waals surface area contributed by atoms with Crippen molar-refractivity contribution < 1.29 is 0 Å². The van der Waals surface area contributed by atoms with Crippen molar-refractivity contribution >= 4 is 0 Å². The zero-order valence-corrected chi connectivity index (χ0v) is 6.84. The summed E-state index contributed by atoms with van der Waals surface area (Å²) in [5.41, 5.74) is 0. The highest BCUT2D eigenvalue weighted by Gasteiger charge is 2.06. The third-order valence-corrected chi connectivity index (χ3v) is 1.40. The molecule has 0 N–H and O–H groups in total. The minimum Gasteiger partial charge on any atom is -0.255 e. The Hall–Kier alpha value is -1.72. The second kappa shape index (κ2) is 2.40. The largest absolute Gasteiger partial charge is 0.255 e. The van der Waals surface area contributed by atoms with Crippen molar-refractivity contribution in [2.45, 2.75) is 0 Å². The van der Waals surface area contributed by atoms with E-state index in [2.05, 4.69) is 20.2 Å². The Morgan fingerprint density at radius 2 is 1.33 bits per heavy atom. The SMILES string of the molecule is Cn1cnc(-c2ncn(C)n2)n1. The summed E-state index contributed by atoms with van der Waals surface area (Å²) in [6.45, 7) is 0. The van der Waals surface area contributed by atoms with Gasteiger partial charge in [-0.1, -0.05) is 0 Å². The minimum atomic E-state index is 0.554. The number of hydrogen-bond acceptors (Lipinski definition) is 4. The van der Waals surface area contributed by atoms with E-state index in [1.54, 1.807) is 36.1 Å². The fourth-order valence-electron chi connectivity index (χ4n) is 0.883. The Morgan fingerprint density at radius 1 is 0.917 bits per heavy atom. The molecule has 0 saturated carbocycles. The van der Waals surface area contributed by atoms with Crippen LogP contribution >= 0.6 is 0 Å². The molecule has 0 atom stereocenters. The topological polar surface area (TPSA) is 61.4 Å². The molecule has 0 fully saturated rings. The number of hydrogen-bond donors (Lipinski definition) is 0. The van der Waals surface area contributed by atoms with Crippen LogP contribution in [-0.4, -0.2) is 29.5 Å². The Labute approximate surface area is 68.9 Å². The number of rotatable bonds is 1. The van der Waals surface area contributed by atoms with E-state index >= 15 is 0 Å². The molecule has 0 aliphatic carbocycles. The zero-order valence-electron chi connectivity index (χ0n) is 6.84. The summed E-state index contributed by atoms with van der Waals surface area (Å²) in [6, 6.07) is 0. The predicted octanol–water partition coefficient (Wildman–Crippen LogP) is -0.389. The quantitative estimate of drug-likeness (QED) is 0.576. The Balaban J connectivity index is 2.43. The molecule has 0 radical (unpaired) electrons. The van der Waals surface area contributed by atoms with Crippen LogP contribution in [0.3, 0.4) is 0 Å². The van der Waals surface area contributed by atoms with Crippen LogP contribution in [0.15, 0.2) is 12.7 Å². The van der Waals surface area contributed by atoms with E-state index in [0.29, 0.717) is 11.6 Å². The fourth-order valence-corrected chi connectivity index (χ4v) is 0.883. The van der Waals surface area contributed by atoms with Gasteiger partial charge >= 0.3 is 0 Å². The van der Waals surface area contributed by atoms with Gasteiger partial charge in [0.25, 0.3) is 0 Å². The lowest BCUT2D eigenvalue weighted by Gasteiger charge is -1.84. The van der Waals surface area contributed by atoms with Crippen LogP contribution < -0.4 is 0 Å². The summed E-state index contributed by atoms with van der Waals surface area (Å²) in [6.07, 6.45) is 3.23. The highest BCUT2D eigenvalue weighted by molar-refractivity contribution is 5.39. The maximum atomic E-state index is 4.06. The zero-order chi connectivity index (χ0) is 8.55. The van der Waals surface area contributed by atoms with E-state index in [1.807, 2.05) is 0 Å². The summed E-state index contributed by atoms with van der Waals surface area (Å²) in [5.74, 6) is 1.11. The Bertz CT molecular complexity index is 348. The van der Waals surface area contributed by atoms with Gasteiger partial charge in [-0.25, -0.2) is 9.97 Å². The van der Waals surface area contributed by atoms with Crippen molar-refractivity contribution in [1.82, 2.24) is 29.5 Å². The van der Waals surface area contributed by atoms with E-state index < -0.39 is 0 Å². The first-order chi connectivity index (χ1) is 5.75. The van der Waals surface area contributed by atoms with Gasteiger partial charge in [-0.2, -0.15) is 0 Å². The lowest BCUT2D eigenvalue weighted by Crippen LogP contribution is -1.91. The molecule has 0 saturated heterocycles. The summed E-state index contributed by atoms with van der Waals surface area (Å²) in [4.78, 5) is 8.03. The molecule has 62 valence electrons. The van der Waals surface area contributed by atoms with Gasteiger partial charge in [-0.15, -0.1) is 10.2 Å². The highest BCUT2D eigenvalue weighted by Crippen LogP contribution is 2.04. The van der Waals surface area contributed by atoms with Crippen molar-refractivity contribution in [1.29, 1.82) is 0 Å². The maximum absolute atomic E-state index is 4.06. The standard InChI is InChI=1S/C6H8N6/c1-11-3-7-5(9-11)6-8-4-12(2)10-6/h3-4H,1-2H3. The second-order valence-corrected chi connectivity index (χ2v) is 2.48. The normalized spacial score (nSPS) is 10.5. The summed E-state index contributed by atoms with van der Waals surface area (Å²) < 4.78 is 3.23. The van der Waals surface area contributed by atoms with Crippen molar-refractivity contribution in [3.63, 3.8) is 0 Å². The molecule has 6 nitrogen and oxygen atoms in total. The summed E-state index contributed by atoms with van der Waals surface area (Å²) in [7, 11) is 3.61. The smallest absolute Gasteiger partial charge is 0.220 e. The molecule has 0 amide bonds. The van der Waals surface area contributed by atoms with Crippen LogP contribution in [0.1, 0.15) is 0 Å². The number of aromatic nitrogens is 6. The van der Waals surface area contributed by atoms with Crippen molar-refractivity contribution in [3.05, 3.63) is 12.7 Å². The second-order valence-electron chi connectivity index (χ2n) is 2.48. The third-order valence-electron chi connectivity index (χ3n) is 1.40. The van der Waals surface area contributed by atoms with Crippen molar-refractivity contribution in [2.24, 2.45) is 14.1 Å². The minimum absolute atomic E-state index is 0.554. The molecular formula is C6H8N6. The van der Waals surface area contributed by atoms with Gasteiger partial charge in [-0.3, -0.25) is 9.36 Å². The maximum Gasteiger partial charge on any atom is 0.220 e. The lowest BCUT2D eigenvalue weighted by molar-refractivity contribution is 0.755. The molecule has 0 bridgehead atoms. The fraction of sp³-hybridized carbons (Fsp3) is 0.333. The van der Waals surface area contributed by atoms with Gasteiger partial charge in [0.1, 0.15) is 12.7 Å². The molecule has 2 rings (SSSR count). The van der Waals surface area contributed by atoms with E-state index in [-0.39, 0.29) is 0 Å². The van der Waals surface area contributed by atoms with Crippen LogP contribution in [0.2, 0.25) is 0 Å². The molecule has 0 aliphatic rings. The van der Waals surface area contributed by atoms with Crippen LogP contribution in [-0.2, 0) is 14.1 Å². The molecule has 0 aromatic carbocycles. The van der Waals surface area contributed by atoms with Crippen molar-refractivity contribution in [2.75, 3.05) is 0 Å². The Kier molecular flexibility index (Phi) is 1.39. The average Bonchev–Trinajstić information content (AvgIpc) is 2.58. The average molecular weight is 164 g/mol. The van der Waals surface area contributed by atoms with Crippen LogP contribution in [0.4, 0.5) is 0 Å². The van der Waals surface area contributed by atoms with Gasteiger partial charge in [0.15, 0.2) is 0 Å². The Morgan fingerprint density at radius 3 is 1.58 bits per heavy atom. The molecule has 0 aliphatic heterocycles. The molecular weight excluding hydrogens is 156 g/mol. The molecule has 2 heterocycles. The first kappa shape index (κ1) is 6.96. The summed E-state index contributed by atoms with van der Waals surface area (Å²) >= 11 is 0. The van der Waals surface area contributed by atoms with Crippen LogP contribution in [0, 0.1) is 0 Å². The molecule has 12 heavy (non-hydrogen) atoms. The number of nitrogens with zero attached hydrogens (tertiary/aromatic N) is 6. The van der Waals surface area contributed by atoms with Gasteiger partial charge in [0.05, 0.1) is 0 Å². The van der Waals surface area contributed by atoms with E-state index in [9.17, 15) is 0 Å². The van der Waals surface area contributed by atoms with E-state index in [4.69, 9.17) is 0 Å². The molecule has 6 heteroatoms. The predicted molar refractivity (Wildman–Crippen MR) is 41.0 cm³/mol. The van der Waals surface area contributed by atoms with E-state index in [0.717, 1.165) is 0 Å². The van der Waals surface area contributed by atoms with Gasteiger partial charge in [0.2, 0.25) is 11.6 Å². The molecule has 2 aromatic heterocycles. The molecule has 2 aromatic rings. The van der Waals surface area contributed by atoms with Gasteiger partial charge in [-0.05, 0) is 0 Å². The first-order valence-corrected chi connectivity index (χ1v) is 3.47. The first-order valence-electron chi connectivity index (χ1n) is 3.47. The van der Waals surface area contributed by atoms with Gasteiger partial charge < -0.3 is 0 Å². The monoisotopic (exact) mass is 164 g/mol. The lowest BCUT2D eigenvalue weighted by atomic mass is 10.6. The van der Waals surface area contributed by atoms with Crippen molar-refractivity contribution in [3.8, 4) is 11.6 Å². The molecule has 0 spiro atoms. The van der Waals surface area contributed by atoms with Crippen LogP contribution in [0.25, 0.3) is 11.6 Å². The summed E-state index contributed by atoms with van der Waals surface area (Å²) in [5, 5.41) is 8.12. The van der Waals surface area contributed by atoms with Crippen LogP contribution in [0.5, 0.6) is 0 Å². The van der Waals surface area contributed by atoms with Gasteiger partial charge in [0, 0.05) is 14.1 Å². The molecule has 0 unspecified atom stereocenters. The number of aryl methyl sites for hydroxylation is 2. The highest BCUT2D eigenvalue weighted by atomic mass is 15.4. The third kappa shape index (κ3) is 1.07.